The van der Waals surface area contributed by atoms with Gasteiger partial charge < -0.3 is 54.8 Å². The third-order valence-electron chi connectivity index (χ3n) is 10.8. The highest BCUT2D eigenvalue weighted by Crippen LogP contribution is 2.20. The molecule has 1 aromatic carbocycles. The summed E-state index contributed by atoms with van der Waals surface area (Å²) in [6.07, 6.45) is -3.92. The second kappa shape index (κ2) is 30.8. The number of amides is 5. The van der Waals surface area contributed by atoms with Crippen LogP contribution in [0.15, 0.2) is 24.3 Å². The molecule has 0 spiro atoms. The minimum atomic E-state index is -1.64. The number of nitrogens with one attached hydrogen (secondary N) is 4. The molecule has 0 heterocycles. The number of rotatable bonds is 29. The molecule has 20 nitrogen and oxygen atoms in total. The van der Waals surface area contributed by atoms with Crippen LogP contribution < -0.4 is 26.0 Å². The Morgan fingerprint density at radius 3 is 1.81 bits per heavy atom. The number of nitrogens with zero attached hydrogens (tertiary/aromatic N) is 1. The first kappa shape index (κ1) is 62.4. The van der Waals surface area contributed by atoms with E-state index >= 15 is 0 Å². The van der Waals surface area contributed by atoms with Crippen LogP contribution >= 0.6 is 0 Å². The van der Waals surface area contributed by atoms with Crippen LogP contribution in [0.1, 0.15) is 134 Å². The normalized spacial score (nSPS) is 14.9. The number of carbonyl (C=O) groups is 8. The maximum absolute atomic E-state index is 14.2. The van der Waals surface area contributed by atoms with Crippen LogP contribution in [0.2, 0.25) is 0 Å². The molecule has 1 aromatic rings. The fourth-order valence-corrected chi connectivity index (χ4v) is 6.77. The smallest absolute Gasteiger partial charge is 0.410 e. The largest absolute Gasteiger partial charge is 0.497 e. The summed E-state index contributed by atoms with van der Waals surface area (Å²) in [5.41, 5.74) is -0.357. The second-order valence-electron chi connectivity index (χ2n) is 19.6. The lowest BCUT2D eigenvalue weighted by Gasteiger charge is -2.33. The first-order valence-corrected chi connectivity index (χ1v) is 24.3. The fourth-order valence-electron chi connectivity index (χ4n) is 6.77. The van der Waals surface area contributed by atoms with Crippen molar-refractivity contribution in [3.05, 3.63) is 29.8 Å². The van der Waals surface area contributed by atoms with E-state index < -0.39 is 120 Å². The maximum Gasteiger partial charge on any atom is 0.410 e. The lowest BCUT2D eigenvalue weighted by atomic mass is 9.95. The first-order valence-electron chi connectivity index (χ1n) is 24.3. The summed E-state index contributed by atoms with van der Waals surface area (Å²) in [7, 11) is 2.89. The molecule has 1 rings (SSSR count). The Kier molecular flexibility index (Phi) is 27.5. The molecule has 8 atom stereocenters. The van der Waals surface area contributed by atoms with E-state index in [-0.39, 0.29) is 32.0 Å². The summed E-state index contributed by atoms with van der Waals surface area (Å²) in [6.45, 7) is 22.1. The summed E-state index contributed by atoms with van der Waals surface area (Å²) in [6, 6.07) is 0.667. The van der Waals surface area contributed by atoms with E-state index in [0.29, 0.717) is 24.2 Å². The van der Waals surface area contributed by atoms with Gasteiger partial charge in [0.15, 0.2) is 6.10 Å². The summed E-state index contributed by atoms with van der Waals surface area (Å²) in [5, 5.41) is 21.9. The van der Waals surface area contributed by atoms with Gasteiger partial charge in [-0.15, -0.1) is 0 Å². The summed E-state index contributed by atoms with van der Waals surface area (Å²) in [5.74, 6) is -5.52. The van der Waals surface area contributed by atoms with Gasteiger partial charge in [0.2, 0.25) is 11.8 Å². The van der Waals surface area contributed by atoms with Crippen molar-refractivity contribution in [3.8, 4) is 5.75 Å². The maximum atomic E-state index is 14.2. The van der Waals surface area contributed by atoms with E-state index in [2.05, 4.69) is 21.3 Å². The average molecular weight is 994 g/mol. The van der Waals surface area contributed by atoms with Gasteiger partial charge >= 0.3 is 30.1 Å². The number of hydrogen-bond donors (Lipinski definition) is 5. The van der Waals surface area contributed by atoms with Gasteiger partial charge in [-0.1, -0.05) is 80.4 Å². The number of esters is 3. The quantitative estimate of drug-likeness (QED) is 0.0396. The molecular formula is C50H83N5O15. The van der Waals surface area contributed by atoms with Crippen LogP contribution in [-0.2, 0) is 58.9 Å². The number of methoxy groups -OCH3 is 1. The molecule has 70 heavy (non-hydrogen) atoms. The summed E-state index contributed by atoms with van der Waals surface area (Å²) in [4.78, 5) is 109. The summed E-state index contributed by atoms with van der Waals surface area (Å²) < 4.78 is 32.7. The Labute approximate surface area is 414 Å². The Morgan fingerprint density at radius 1 is 0.714 bits per heavy atom. The average Bonchev–Trinajstić information content (AvgIpc) is 3.26. The zero-order valence-electron chi connectivity index (χ0n) is 44.1. The van der Waals surface area contributed by atoms with E-state index in [1.807, 2.05) is 27.7 Å². The molecule has 398 valence electrons. The molecule has 0 aromatic heterocycles. The van der Waals surface area contributed by atoms with Crippen molar-refractivity contribution < 1.29 is 71.9 Å². The topological polar surface area (TPSA) is 264 Å². The van der Waals surface area contributed by atoms with Gasteiger partial charge in [-0.2, -0.15) is 0 Å². The predicted molar refractivity (Wildman–Crippen MR) is 260 cm³/mol. The third kappa shape index (κ3) is 22.8. The van der Waals surface area contributed by atoms with Gasteiger partial charge in [0.1, 0.15) is 41.6 Å². The second-order valence-corrected chi connectivity index (χ2v) is 19.6. The van der Waals surface area contributed by atoms with Crippen LogP contribution in [0.5, 0.6) is 5.75 Å². The molecule has 0 bridgehead atoms. The van der Waals surface area contributed by atoms with Crippen molar-refractivity contribution in [1.82, 2.24) is 26.2 Å². The van der Waals surface area contributed by atoms with Gasteiger partial charge in [-0.3, -0.25) is 24.1 Å². The fraction of sp³-hybridized carbons (Fsp3) is 0.720. The van der Waals surface area contributed by atoms with E-state index in [1.165, 1.54) is 28.0 Å². The number of benzene rings is 1. The van der Waals surface area contributed by atoms with Crippen LogP contribution in [0, 0.1) is 17.8 Å². The molecule has 0 unspecified atom stereocenters. The minimum absolute atomic E-state index is 0.0211. The molecule has 0 radical (unpaired) electrons. The van der Waals surface area contributed by atoms with Crippen molar-refractivity contribution in [2.45, 2.75) is 189 Å². The Balaban J connectivity index is 3.37. The molecule has 0 aliphatic heterocycles. The van der Waals surface area contributed by atoms with E-state index in [0.717, 1.165) is 17.7 Å². The monoisotopic (exact) mass is 994 g/mol. The molecule has 0 saturated heterocycles. The van der Waals surface area contributed by atoms with Crippen molar-refractivity contribution in [2.75, 3.05) is 27.4 Å². The van der Waals surface area contributed by atoms with Gasteiger partial charge in [0, 0.05) is 13.5 Å². The lowest BCUT2D eigenvalue weighted by molar-refractivity contribution is -0.161. The van der Waals surface area contributed by atoms with Gasteiger partial charge in [0.25, 0.3) is 5.91 Å². The minimum Gasteiger partial charge on any atom is -0.497 e. The van der Waals surface area contributed by atoms with Gasteiger partial charge in [-0.25, -0.2) is 19.2 Å². The van der Waals surface area contributed by atoms with Crippen LogP contribution in [0.3, 0.4) is 0 Å². The predicted octanol–water partition coefficient (Wildman–Crippen LogP) is 5.14. The molecule has 0 aliphatic rings. The standard InChI is InChI=1S/C50H83N5O15/c1-16-18-24-66-46(61)32(9)51-43(58)36(26-29(3)4)52-45(60)42(31(7)8)69-39(57)28-38(56)40(30(5)6)53-44(59)41(54-48(63)70-50(11,12)13)33(10)68-47(62)37(55(14)49(64)67-25-19-17-2)27-34-20-22-35(65-15)23-21-34/h20-23,29-33,36-38,40-42,56H,16-19,24-28H2,1-15H3,(H,51,58)(H,52,60)(H,53,59)(H,54,63)/t32-,33+,36-,37-,38-,40+,41-,42-/m0/s1. The van der Waals surface area contributed by atoms with Crippen molar-refractivity contribution in [2.24, 2.45) is 17.8 Å². The van der Waals surface area contributed by atoms with Crippen molar-refractivity contribution in [1.29, 1.82) is 0 Å². The van der Waals surface area contributed by atoms with Crippen molar-refractivity contribution in [3.63, 3.8) is 0 Å². The Hall–Kier alpha value is -5.66. The molecule has 0 saturated carbocycles. The van der Waals surface area contributed by atoms with E-state index in [9.17, 15) is 43.5 Å². The first-order chi connectivity index (χ1) is 32.6. The zero-order valence-corrected chi connectivity index (χ0v) is 44.1. The number of ether oxygens (including phenoxy) is 6. The highest BCUT2D eigenvalue weighted by Gasteiger charge is 2.39. The molecule has 5 amide bonds. The van der Waals surface area contributed by atoms with Crippen LogP contribution in [-0.4, -0.2) is 139 Å². The number of alkyl carbamates (subject to hydrolysis) is 1. The number of likely N-dealkylation sites (N-methyl/N-ethyl adjacent to an activating group) is 1. The zero-order chi connectivity index (χ0) is 53.5. The molecule has 5 N–H and O–H groups in total. The number of hydrogen-bond acceptors (Lipinski definition) is 15. The molecule has 0 fully saturated rings. The SMILES string of the molecule is CCCCOC(=O)[C@H](C)NC(=O)[C@H](CC(C)C)NC(=O)[C@@H](OC(=O)C[C@H](O)[C@H](NC(=O)[C@@H](NC(=O)OC(C)(C)C)[C@@H](C)OC(=O)[C@H](Cc1ccc(OC)cc1)N(C)C(=O)OCCCC)C(C)C)C(C)C. The van der Waals surface area contributed by atoms with E-state index in [1.54, 1.807) is 72.7 Å². The van der Waals surface area contributed by atoms with E-state index in [4.69, 9.17) is 28.4 Å². The van der Waals surface area contributed by atoms with Crippen LogP contribution in [0.25, 0.3) is 0 Å². The van der Waals surface area contributed by atoms with Crippen molar-refractivity contribution >= 4 is 47.8 Å². The number of carbonyl (C=O) groups excluding carboxylic acids is 8. The van der Waals surface area contributed by atoms with Gasteiger partial charge in [-0.05, 0) is 89.3 Å². The highest BCUT2D eigenvalue weighted by molar-refractivity contribution is 5.92. The highest BCUT2D eigenvalue weighted by atomic mass is 16.6. The lowest BCUT2D eigenvalue weighted by Crippen LogP contribution is -2.59. The number of aliphatic hydroxyl groups excluding tert-OH is 1. The number of aliphatic hydroxyl groups is 1. The third-order valence-corrected chi connectivity index (χ3v) is 10.8. The molecular weight excluding hydrogens is 911 g/mol. The van der Waals surface area contributed by atoms with Crippen LogP contribution in [0.4, 0.5) is 9.59 Å². The molecule has 0 aliphatic carbocycles. The number of unbranched alkanes of at least 4 members (excludes halogenated alkanes) is 2. The summed E-state index contributed by atoms with van der Waals surface area (Å²) >= 11 is 0. The van der Waals surface area contributed by atoms with Gasteiger partial charge in [0.05, 0.1) is 38.9 Å². The Morgan fingerprint density at radius 2 is 1.30 bits per heavy atom. The molecule has 20 heteroatoms. The Bertz CT molecular complexity index is 1830.